The summed E-state index contributed by atoms with van der Waals surface area (Å²) in [5, 5.41) is 5.41. The van der Waals surface area contributed by atoms with Gasteiger partial charge >= 0.3 is 0 Å². The van der Waals surface area contributed by atoms with E-state index in [2.05, 4.69) is 15.6 Å². The highest BCUT2D eigenvalue weighted by molar-refractivity contribution is 5.94. The highest BCUT2D eigenvalue weighted by Gasteiger charge is 2.06. The molecule has 0 aliphatic rings. The third-order valence-electron chi connectivity index (χ3n) is 3.71. The van der Waals surface area contributed by atoms with E-state index in [0.717, 1.165) is 24.1 Å². The first-order valence-corrected chi connectivity index (χ1v) is 8.27. The van der Waals surface area contributed by atoms with Gasteiger partial charge in [0, 0.05) is 44.3 Å². The average Bonchev–Trinajstić information content (AvgIpc) is 2.61. The molecule has 6 nitrogen and oxygen atoms in total. The number of pyridine rings is 1. The SMILES string of the molecule is CN(C)c1ccc(NC(=O)CNC(=O)CCCc2cccnc2)cc1. The fourth-order valence-electron chi connectivity index (χ4n) is 2.31. The number of nitrogens with one attached hydrogen (secondary N) is 2. The van der Waals surface area contributed by atoms with Gasteiger partial charge in [0.05, 0.1) is 6.54 Å². The number of hydrogen-bond acceptors (Lipinski definition) is 4. The Morgan fingerprint density at radius 1 is 1.08 bits per heavy atom. The Hall–Kier alpha value is -2.89. The van der Waals surface area contributed by atoms with E-state index >= 15 is 0 Å². The molecule has 1 heterocycles. The molecule has 132 valence electrons. The van der Waals surface area contributed by atoms with E-state index in [9.17, 15) is 9.59 Å². The van der Waals surface area contributed by atoms with Gasteiger partial charge < -0.3 is 15.5 Å². The number of aromatic nitrogens is 1. The number of hydrogen-bond donors (Lipinski definition) is 2. The molecule has 0 atom stereocenters. The second kappa shape index (κ2) is 9.42. The quantitative estimate of drug-likeness (QED) is 0.773. The molecule has 2 N–H and O–H groups in total. The highest BCUT2D eigenvalue weighted by atomic mass is 16.2. The van der Waals surface area contributed by atoms with Crippen molar-refractivity contribution in [2.24, 2.45) is 0 Å². The van der Waals surface area contributed by atoms with Crippen molar-refractivity contribution < 1.29 is 9.59 Å². The lowest BCUT2D eigenvalue weighted by Gasteiger charge is -2.13. The maximum absolute atomic E-state index is 11.9. The summed E-state index contributed by atoms with van der Waals surface area (Å²) in [4.78, 5) is 29.7. The molecular formula is C19H24N4O2. The van der Waals surface area contributed by atoms with E-state index in [1.165, 1.54) is 0 Å². The molecule has 0 radical (unpaired) electrons. The van der Waals surface area contributed by atoms with Crippen LogP contribution in [0.2, 0.25) is 0 Å². The minimum atomic E-state index is -0.238. The fourth-order valence-corrected chi connectivity index (χ4v) is 2.31. The Morgan fingerprint density at radius 3 is 2.48 bits per heavy atom. The summed E-state index contributed by atoms with van der Waals surface area (Å²) in [6.45, 7) is -0.0266. The standard InChI is InChI=1S/C19H24N4O2/c1-23(2)17-10-8-16(9-11-17)22-19(25)14-21-18(24)7-3-5-15-6-4-12-20-13-15/h4,6,8-13H,3,5,7,14H2,1-2H3,(H,21,24)(H,22,25). The van der Waals surface area contributed by atoms with E-state index in [4.69, 9.17) is 0 Å². The molecular weight excluding hydrogens is 316 g/mol. The molecule has 0 saturated heterocycles. The smallest absolute Gasteiger partial charge is 0.243 e. The molecule has 0 fully saturated rings. The zero-order valence-electron chi connectivity index (χ0n) is 14.7. The first-order chi connectivity index (χ1) is 12.0. The number of aryl methyl sites for hydroxylation is 1. The van der Waals surface area contributed by atoms with Gasteiger partial charge in [-0.3, -0.25) is 14.6 Å². The molecule has 2 amide bonds. The maximum Gasteiger partial charge on any atom is 0.243 e. The van der Waals surface area contributed by atoms with E-state index in [1.807, 2.05) is 55.4 Å². The molecule has 1 aromatic carbocycles. The molecule has 0 aliphatic heterocycles. The van der Waals surface area contributed by atoms with Gasteiger partial charge in [0.1, 0.15) is 0 Å². The Bertz CT molecular complexity index is 684. The summed E-state index contributed by atoms with van der Waals surface area (Å²) < 4.78 is 0. The lowest BCUT2D eigenvalue weighted by Crippen LogP contribution is -2.32. The third kappa shape index (κ3) is 6.63. The Kier molecular flexibility index (Phi) is 6.95. The highest BCUT2D eigenvalue weighted by Crippen LogP contribution is 2.15. The van der Waals surface area contributed by atoms with Gasteiger partial charge in [-0.1, -0.05) is 6.07 Å². The number of amides is 2. The average molecular weight is 340 g/mol. The predicted octanol–water partition coefficient (Wildman–Crippen LogP) is 2.23. The Balaban J connectivity index is 1.66. The van der Waals surface area contributed by atoms with Crippen molar-refractivity contribution in [3.8, 4) is 0 Å². The summed E-state index contributed by atoms with van der Waals surface area (Å²) >= 11 is 0. The van der Waals surface area contributed by atoms with Gasteiger partial charge in [0.15, 0.2) is 0 Å². The van der Waals surface area contributed by atoms with Crippen molar-refractivity contribution >= 4 is 23.2 Å². The second-order valence-corrected chi connectivity index (χ2v) is 5.98. The predicted molar refractivity (Wildman–Crippen MR) is 99.6 cm³/mol. The molecule has 0 spiro atoms. The van der Waals surface area contributed by atoms with Crippen molar-refractivity contribution in [3.63, 3.8) is 0 Å². The van der Waals surface area contributed by atoms with Crippen LogP contribution < -0.4 is 15.5 Å². The summed E-state index contributed by atoms with van der Waals surface area (Å²) in [5.74, 6) is -0.361. The third-order valence-corrected chi connectivity index (χ3v) is 3.71. The molecule has 0 saturated carbocycles. The molecule has 0 bridgehead atoms. The first kappa shape index (κ1) is 18.4. The van der Waals surface area contributed by atoms with Gasteiger partial charge in [0.2, 0.25) is 11.8 Å². The molecule has 0 aliphatic carbocycles. The van der Waals surface area contributed by atoms with Gasteiger partial charge in [-0.15, -0.1) is 0 Å². The zero-order chi connectivity index (χ0) is 18.1. The van der Waals surface area contributed by atoms with E-state index in [0.29, 0.717) is 12.1 Å². The number of carbonyl (C=O) groups is 2. The lowest BCUT2D eigenvalue weighted by atomic mass is 10.1. The number of rotatable bonds is 8. The molecule has 1 aromatic heterocycles. The Labute approximate surface area is 148 Å². The van der Waals surface area contributed by atoms with Gasteiger partial charge in [0.25, 0.3) is 0 Å². The van der Waals surface area contributed by atoms with Gasteiger partial charge in [-0.2, -0.15) is 0 Å². The van der Waals surface area contributed by atoms with E-state index in [-0.39, 0.29) is 18.4 Å². The van der Waals surface area contributed by atoms with Crippen LogP contribution in [-0.4, -0.2) is 37.4 Å². The minimum Gasteiger partial charge on any atom is -0.378 e. The van der Waals surface area contributed by atoms with Crippen LogP contribution in [0.1, 0.15) is 18.4 Å². The summed E-state index contributed by atoms with van der Waals surface area (Å²) in [5.41, 5.74) is 2.87. The van der Waals surface area contributed by atoms with Crippen LogP contribution in [0.3, 0.4) is 0 Å². The monoisotopic (exact) mass is 340 g/mol. The molecule has 2 rings (SSSR count). The van der Waals surface area contributed by atoms with Gasteiger partial charge in [-0.25, -0.2) is 0 Å². The molecule has 0 unspecified atom stereocenters. The minimum absolute atomic E-state index is 0.0266. The van der Waals surface area contributed by atoms with E-state index < -0.39 is 0 Å². The van der Waals surface area contributed by atoms with Crippen LogP contribution in [-0.2, 0) is 16.0 Å². The van der Waals surface area contributed by atoms with Gasteiger partial charge in [-0.05, 0) is 48.7 Å². The van der Waals surface area contributed by atoms with E-state index in [1.54, 1.807) is 12.4 Å². The summed E-state index contributed by atoms with van der Waals surface area (Å²) in [6, 6.07) is 11.4. The number of carbonyl (C=O) groups excluding carboxylic acids is 2. The van der Waals surface area contributed by atoms with Crippen molar-refractivity contribution in [2.75, 3.05) is 30.9 Å². The Morgan fingerprint density at radius 2 is 1.84 bits per heavy atom. The lowest BCUT2D eigenvalue weighted by molar-refractivity contribution is -0.124. The van der Waals surface area contributed by atoms with Crippen molar-refractivity contribution in [1.82, 2.24) is 10.3 Å². The summed E-state index contributed by atoms with van der Waals surface area (Å²) in [6.07, 6.45) is 5.44. The van der Waals surface area contributed by atoms with Crippen LogP contribution in [0.15, 0.2) is 48.8 Å². The topological polar surface area (TPSA) is 74.3 Å². The van der Waals surface area contributed by atoms with Crippen LogP contribution in [0, 0.1) is 0 Å². The van der Waals surface area contributed by atoms with Crippen LogP contribution in [0.5, 0.6) is 0 Å². The number of nitrogens with zero attached hydrogens (tertiary/aromatic N) is 2. The largest absolute Gasteiger partial charge is 0.378 e. The van der Waals surface area contributed by atoms with Crippen LogP contribution >= 0.6 is 0 Å². The molecule has 25 heavy (non-hydrogen) atoms. The number of anilines is 2. The maximum atomic E-state index is 11.9. The van der Waals surface area contributed by atoms with Crippen LogP contribution in [0.25, 0.3) is 0 Å². The van der Waals surface area contributed by atoms with Crippen molar-refractivity contribution in [2.45, 2.75) is 19.3 Å². The molecule has 6 heteroatoms. The zero-order valence-corrected chi connectivity index (χ0v) is 14.7. The van der Waals surface area contributed by atoms with Crippen molar-refractivity contribution in [3.05, 3.63) is 54.4 Å². The normalized spacial score (nSPS) is 10.2. The van der Waals surface area contributed by atoms with Crippen LogP contribution in [0.4, 0.5) is 11.4 Å². The second-order valence-electron chi connectivity index (χ2n) is 5.98. The molecule has 2 aromatic rings. The summed E-state index contributed by atoms with van der Waals surface area (Å²) in [7, 11) is 3.91. The fraction of sp³-hybridized carbons (Fsp3) is 0.316. The number of benzene rings is 1. The first-order valence-electron chi connectivity index (χ1n) is 8.27. The van der Waals surface area contributed by atoms with Crippen molar-refractivity contribution in [1.29, 1.82) is 0 Å².